The Bertz CT molecular complexity index is 605. The van der Waals surface area contributed by atoms with E-state index >= 15 is 0 Å². The van der Waals surface area contributed by atoms with Crippen LogP contribution in [-0.4, -0.2) is 12.9 Å². The minimum atomic E-state index is -0.114. The summed E-state index contributed by atoms with van der Waals surface area (Å²) in [5.41, 5.74) is 1.33. The second-order valence-electron chi connectivity index (χ2n) is 3.71. The fraction of sp³-hybridized carbons (Fsp3) is 0.154. The lowest BCUT2D eigenvalue weighted by Gasteiger charge is -2.08. The maximum atomic E-state index is 12.3. The van der Waals surface area contributed by atoms with E-state index in [1.807, 2.05) is 18.4 Å². The first-order valence-electron chi connectivity index (χ1n) is 5.17. The average Bonchev–Trinajstić information content (AvgIpc) is 2.78. The monoisotopic (exact) mass is 300 g/mol. The molecule has 0 aliphatic carbocycles. The van der Waals surface area contributed by atoms with E-state index in [1.54, 1.807) is 12.1 Å². The van der Waals surface area contributed by atoms with Crippen LogP contribution in [0.2, 0.25) is 10.0 Å². The second-order valence-corrected chi connectivity index (χ2v) is 5.38. The number of thiophene rings is 1. The van der Waals surface area contributed by atoms with Crippen LogP contribution < -0.4 is 4.74 Å². The molecule has 1 aromatic heterocycles. The van der Waals surface area contributed by atoms with Gasteiger partial charge in [-0.3, -0.25) is 4.79 Å². The molecule has 94 valence electrons. The van der Waals surface area contributed by atoms with E-state index in [2.05, 4.69) is 0 Å². The lowest BCUT2D eigenvalue weighted by molar-refractivity contribution is 0.104. The number of rotatable bonds is 3. The van der Waals surface area contributed by atoms with E-state index in [-0.39, 0.29) is 15.8 Å². The van der Waals surface area contributed by atoms with Crippen molar-refractivity contribution in [3.8, 4) is 5.75 Å². The fourth-order valence-corrected chi connectivity index (χ4v) is 2.96. The van der Waals surface area contributed by atoms with Crippen LogP contribution in [0.3, 0.4) is 0 Å². The first-order chi connectivity index (χ1) is 8.56. The number of benzene rings is 1. The molecule has 0 unspecified atom stereocenters. The number of methoxy groups -OCH3 is 1. The van der Waals surface area contributed by atoms with Gasteiger partial charge in [-0.25, -0.2) is 0 Å². The molecule has 0 radical (unpaired) electrons. The molecule has 18 heavy (non-hydrogen) atoms. The SMILES string of the molecule is COc1ccc(C(=O)c2sccc2C)c(Cl)c1Cl. The van der Waals surface area contributed by atoms with Gasteiger partial charge >= 0.3 is 0 Å². The summed E-state index contributed by atoms with van der Waals surface area (Å²) in [7, 11) is 1.50. The highest BCUT2D eigenvalue weighted by Gasteiger charge is 2.19. The lowest BCUT2D eigenvalue weighted by atomic mass is 10.1. The van der Waals surface area contributed by atoms with Crippen molar-refractivity contribution < 1.29 is 9.53 Å². The summed E-state index contributed by atoms with van der Waals surface area (Å²) in [5.74, 6) is 0.346. The number of carbonyl (C=O) groups excluding carboxylic acids is 1. The molecular weight excluding hydrogens is 291 g/mol. The highest BCUT2D eigenvalue weighted by Crippen LogP contribution is 2.36. The maximum absolute atomic E-state index is 12.3. The summed E-state index contributed by atoms with van der Waals surface area (Å²) >= 11 is 13.5. The maximum Gasteiger partial charge on any atom is 0.204 e. The van der Waals surface area contributed by atoms with Gasteiger partial charge in [-0.2, -0.15) is 0 Å². The van der Waals surface area contributed by atoms with Gasteiger partial charge in [0.15, 0.2) is 0 Å². The molecule has 2 aromatic rings. The third-order valence-electron chi connectivity index (χ3n) is 2.58. The molecule has 0 saturated heterocycles. The Morgan fingerprint density at radius 3 is 2.50 bits per heavy atom. The highest BCUT2D eigenvalue weighted by atomic mass is 35.5. The molecule has 0 aliphatic rings. The van der Waals surface area contributed by atoms with Gasteiger partial charge in [-0.1, -0.05) is 23.2 Å². The van der Waals surface area contributed by atoms with Crippen molar-refractivity contribution in [2.45, 2.75) is 6.92 Å². The largest absolute Gasteiger partial charge is 0.495 e. The van der Waals surface area contributed by atoms with Crippen molar-refractivity contribution in [3.05, 3.63) is 49.6 Å². The third kappa shape index (κ3) is 2.26. The number of halogens is 2. The predicted molar refractivity (Wildman–Crippen MR) is 75.5 cm³/mol. The Morgan fingerprint density at radius 1 is 1.22 bits per heavy atom. The number of hydrogen-bond donors (Lipinski definition) is 0. The van der Waals surface area contributed by atoms with Crippen LogP contribution in [0.1, 0.15) is 20.8 Å². The van der Waals surface area contributed by atoms with Crippen LogP contribution >= 0.6 is 34.5 Å². The summed E-state index contributed by atoms with van der Waals surface area (Å²) in [4.78, 5) is 13.0. The zero-order valence-electron chi connectivity index (χ0n) is 9.79. The highest BCUT2D eigenvalue weighted by molar-refractivity contribution is 7.12. The molecule has 2 nitrogen and oxygen atoms in total. The molecule has 1 aromatic carbocycles. The second kappa shape index (κ2) is 5.31. The molecule has 2 rings (SSSR count). The van der Waals surface area contributed by atoms with Crippen LogP contribution in [-0.2, 0) is 0 Å². The van der Waals surface area contributed by atoms with Crippen molar-refractivity contribution >= 4 is 40.3 Å². The average molecular weight is 301 g/mol. The molecule has 0 N–H and O–H groups in total. The van der Waals surface area contributed by atoms with Crippen LogP contribution in [0.4, 0.5) is 0 Å². The smallest absolute Gasteiger partial charge is 0.204 e. The molecule has 5 heteroatoms. The van der Waals surface area contributed by atoms with Crippen molar-refractivity contribution in [2.24, 2.45) is 0 Å². The van der Waals surface area contributed by atoms with E-state index in [1.165, 1.54) is 18.4 Å². The van der Waals surface area contributed by atoms with E-state index in [4.69, 9.17) is 27.9 Å². The minimum Gasteiger partial charge on any atom is -0.495 e. The van der Waals surface area contributed by atoms with E-state index in [0.29, 0.717) is 16.2 Å². The van der Waals surface area contributed by atoms with Gasteiger partial charge in [0.25, 0.3) is 0 Å². The Balaban J connectivity index is 2.50. The lowest BCUT2D eigenvalue weighted by Crippen LogP contribution is -2.02. The molecule has 0 amide bonds. The topological polar surface area (TPSA) is 26.3 Å². The number of hydrogen-bond acceptors (Lipinski definition) is 3. The van der Waals surface area contributed by atoms with Crippen LogP contribution in [0.5, 0.6) is 5.75 Å². The molecule has 0 atom stereocenters. The summed E-state index contributed by atoms with van der Waals surface area (Å²) < 4.78 is 5.05. The first kappa shape index (κ1) is 13.4. The summed E-state index contributed by atoms with van der Waals surface area (Å²) in [6.45, 7) is 1.89. The van der Waals surface area contributed by atoms with Crippen LogP contribution in [0.15, 0.2) is 23.6 Å². The van der Waals surface area contributed by atoms with Crippen molar-refractivity contribution in [1.29, 1.82) is 0 Å². The van der Waals surface area contributed by atoms with E-state index in [9.17, 15) is 4.79 Å². The van der Waals surface area contributed by atoms with Gasteiger partial charge in [-0.15, -0.1) is 11.3 Å². The van der Waals surface area contributed by atoms with Crippen molar-refractivity contribution in [2.75, 3.05) is 7.11 Å². The minimum absolute atomic E-state index is 0.114. The van der Waals surface area contributed by atoms with Gasteiger partial charge in [0.1, 0.15) is 10.8 Å². The molecular formula is C13H10Cl2O2S. The number of ether oxygens (including phenoxy) is 1. The Hall–Kier alpha value is -1.03. The third-order valence-corrected chi connectivity index (χ3v) is 4.46. The Morgan fingerprint density at radius 2 is 1.94 bits per heavy atom. The van der Waals surface area contributed by atoms with Crippen LogP contribution in [0, 0.1) is 6.92 Å². The fourth-order valence-electron chi connectivity index (χ4n) is 1.59. The normalized spacial score (nSPS) is 10.4. The van der Waals surface area contributed by atoms with Gasteiger partial charge < -0.3 is 4.74 Å². The Kier molecular flexibility index (Phi) is 3.95. The standard InChI is InChI=1S/C13H10Cl2O2S/c1-7-5-6-18-13(7)12(16)8-3-4-9(17-2)11(15)10(8)14/h3-6H,1-2H3. The van der Waals surface area contributed by atoms with Gasteiger partial charge in [0.05, 0.1) is 17.0 Å². The molecule has 0 bridgehead atoms. The number of ketones is 1. The Labute approximate surface area is 119 Å². The van der Waals surface area contributed by atoms with Gasteiger partial charge in [0.2, 0.25) is 5.78 Å². The zero-order valence-corrected chi connectivity index (χ0v) is 12.1. The van der Waals surface area contributed by atoms with Crippen molar-refractivity contribution in [3.63, 3.8) is 0 Å². The predicted octanol–water partition coefficient (Wildman–Crippen LogP) is 4.60. The molecule has 0 fully saturated rings. The zero-order chi connectivity index (χ0) is 13.3. The summed E-state index contributed by atoms with van der Waals surface area (Å²) in [5, 5.41) is 2.37. The number of carbonyl (C=O) groups is 1. The molecule has 0 spiro atoms. The van der Waals surface area contributed by atoms with E-state index in [0.717, 1.165) is 5.56 Å². The summed E-state index contributed by atoms with van der Waals surface area (Å²) in [6.07, 6.45) is 0. The quantitative estimate of drug-likeness (QED) is 0.774. The van der Waals surface area contributed by atoms with Crippen molar-refractivity contribution in [1.82, 2.24) is 0 Å². The van der Waals surface area contributed by atoms with Crippen LogP contribution in [0.25, 0.3) is 0 Å². The van der Waals surface area contributed by atoms with Gasteiger partial charge in [0, 0.05) is 5.56 Å². The number of aryl methyl sites for hydroxylation is 1. The molecule has 0 aliphatic heterocycles. The molecule has 0 saturated carbocycles. The first-order valence-corrected chi connectivity index (χ1v) is 6.80. The summed E-state index contributed by atoms with van der Waals surface area (Å²) in [6, 6.07) is 5.18. The molecule has 1 heterocycles. The van der Waals surface area contributed by atoms with Gasteiger partial charge in [-0.05, 0) is 36.1 Å². The van der Waals surface area contributed by atoms with E-state index < -0.39 is 0 Å².